The third-order valence-corrected chi connectivity index (χ3v) is 3.64. The van der Waals surface area contributed by atoms with Gasteiger partial charge in [-0.05, 0) is 6.92 Å². The molecular weight excluding hydrogens is 249 g/mol. The molecule has 8 heteroatoms. The monoisotopic (exact) mass is 269 g/mol. The predicted octanol–water partition coefficient (Wildman–Crippen LogP) is 0.145. The van der Waals surface area contributed by atoms with Gasteiger partial charge in [-0.2, -0.15) is 0 Å². The molecule has 1 saturated heterocycles. The number of hydrogen-bond donors (Lipinski definition) is 2. The van der Waals surface area contributed by atoms with Crippen molar-refractivity contribution in [3.63, 3.8) is 0 Å². The number of aliphatic hydroxyl groups excluding tert-OH is 1. The fraction of sp³-hybridized carbons (Fsp3) is 1.00. The summed E-state index contributed by atoms with van der Waals surface area (Å²) < 4.78 is 31.7. The topological polar surface area (TPSA) is 86.3 Å². The lowest BCUT2D eigenvalue weighted by Gasteiger charge is -2.13. The highest BCUT2D eigenvalue weighted by Crippen LogP contribution is 2.45. The molecule has 2 atom stereocenters. The van der Waals surface area contributed by atoms with Crippen LogP contribution in [0.25, 0.3) is 0 Å². The average molecular weight is 269 g/mol. The molecule has 0 amide bonds. The van der Waals surface area contributed by atoms with Crippen LogP contribution in [0.3, 0.4) is 0 Å². The molecule has 0 aromatic heterocycles. The van der Waals surface area contributed by atoms with Crippen molar-refractivity contribution in [3.05, 3.63) is 0 Å². The van der Waals surface area contributed by atoms with Gasteiger partial charge in [0.15, 0.2) is 0 Å². The Balaban J connectivity index is 1.95. The molecule has 1 aliphatic rings. The molecule has 1 heterocycles. The van der Waals surface area contributed by atoms with Gasteiger partial charge in [-0.15, -0.1) is 0 Å². The van der Waals surface area contributed by atoms with E-state index in [1.165, 1.54) is 0 Å². The third kappa shape index (κ3) is 6.47. The van der Waals surface area contributed by atoms with Crippen LogP contribution in [0.15, 0.2) is 0 Å². The maximum atomic E-state index is 11.6. The van der Waals surface area contributed by atoms with Crippen molar-refractivity contribution in [1.29, 1.82) is 0 Å². The molecular formula is C9H20NO6P. The van der Waals surface area contributed by atoms with E-state index in [9.17, 15) is 9.67 Å². The van der Waals surface area contributed by atoms with Crippen molar-refractivity contribution in [2.45, 2.75) is 13.0 Å². The number of nitrogens with one attached hydrogen (secondary N) is 1. The lowest BCUT2D eigenvalue weighted by Crippen LogP contribution is -2.22. The second-order valence-electron chi connectivity index (χ2n) is 3.46. The van der Waals surface area contributed by atoms with Gasteiger partial charge in [0.2, 0.25) is 0 Å². The highest BCUT2D eigenvalue weighted by atomic mass is 31.2. The fourth-order valence-electron chi connectivity index (χ4n) is 1.21. The summed E-state index contributed by atoms with van der Waals surface area (Å²) in [5.41, 5.74) is 0. The predicted molar refractivity (Wildman–Crippen MR) is 60.8 cm³/mol. The minimum Gasteiger partial charge on any atom is -0.388 e. The maximum Gasteiger partial charge on any atom is 0.405 e. The summed E-state index contributed by atoms with van der Waals surface area (Å²) in [6.07, 6.45) is -0.646. The van der Waals surface area contributed by atoms with Gasteiger partial charge >= 0.3 is 7.75 Å². The molecule has 17 heavy (non-hydrogen) atoms. The summed E-state index contributed by atoms with van der Waals surface area (Å²) in [6, 6.07) is 0. The molecule has 0 aromatic rings. The van der Waals surface area contributed by atoms with Crippen molar-refractivity contribution < 1.29 is 28.2 Å². The van der Waals surface area contributed by atoms with Gasteiger partial charge in [0.05, 0.1) is 33.0 Å². The zero-order valence-corrected chi connectivity index (χ0v) is 10.9. The Morgan fingerprint density at radius 3 is 2.82 bits per heavy atom. The van der Waals surface area contributed by atoms with E-state index in [4.69, 9.17) is 18.5 Å². The lowest BCUT2D eigenvalue weighted by atomic mass is 10.4. The number of ether oxygens (including phenoxy) is 2. The van der Waals surface area contributed by atoms with Crippen LogP contribution in [0.5, 0.6) is 0 Å². The molecule has 102 valence electrons. The van der Waals surface area contributed by atoms with Crippen LogP contribution in [0, 0.1) is 0 Å². The average Bonchev–Trinajstić information content (AvgIpc) is 2.73. The number of hydrogen-bond acceptors (Lipinski definition) is 6. The standard InChI is InChI=1S/C9H20NO6P/c1-2-13-7-9(11)8-14-5-6-16-17(12)10-3-4-15-17/h9,11H,2-8H2,1H3,(H,10,12). The van der Waals surface area contributed by atoms with Crippen LogP contribution in [0.4, 0.5) is 0 Å². The van der Waals surface area contributed by atoms with E-state index >= 15 is 0 Å². The van der Waals surface area contributed by atoms with Gasteiger partial charge in [0.25, 0.3) is 0 Å². The first-order chi connectivity index (χ1) is 8.16. The van der Waals surface area contributed by atoms with E-state index < -0.39 is 13.9 Å². The summed E-state index contributed by atoms with van der Waals surface area (Å²) in [4.78, 5) is 0. The molecule has 0 aromatic carbocycles. The molecule has 0 aliphatic carbocycles. The van der Waals surface area contributed by atoms with E-state index in [-0.39, 0.29) is 26.4 Å². The normalized spacial score (nSPS) is 26.2. The van der Waals surface area contributed by atoms with E-state index in [1.54, 1.807) is 0 Å². The summed E-state index contributed by atoms with van der Waals surface area (Å²) in [5, 5.41) is 12.0. The Kier molecular flexibility index (Phi) is 7.22. The molecule has 1 fully saturated rings. The zero-order chi connectivity index (χ0) is 12.6. The van der Waals surface area contributed by atoms with Gasteiger partial charge in [-0.3, -0.25) is 9.05 Å². The minimum atomic E-state index is -3.07. The van der Waals surface area contributed by atoms with Gasteiger partial charge in [0.1, 0.15) is 6.10 Å². The molecule has 7 nitrogen and oxygen atoms in total. The molecule has 2 unspecified atom stereocenters. The SMILES string of the molecule is CCOCC(O)COCCOP1(=O)NCCO1. The Morgan fingerprint density at radius 2 is 2.18 bits per heavy atom. The molecule has 0 saturated carbocycles. The Labute approximate surface area is 101 Å². The Hall–Kier alpha value is -0.0100. The van der Waals surface area contributed by atoms with Gasteiger partial charge in [0, 0.05) is 13.2 Å². The van der Waals surface area contributed by atoms with E-state index in [0.717, 1.165) is 0 Å². The number of aliphatic hydroxyl groups is 1. The second-order valence-corrected chi connectivity index (χ2v) is 5.29. The highest BCUT2D eigenvalue weighted by molar-refractivity contribution is 7.51. The Morgan fingerprint density at radius 1 is 1.41 bits per heavy atom. The van der Waals surface area contributed by atoms with Crippen LogP contribution < -0.4 is 5.09 Å². The van der Waals surface area contributed by atoms with Crippen LogP contribution in [0.1, 0.15) is 6.92 Å². The first-order valence-electron chi connectivity index (χ1n) is 5.64. The molecule has 0 bridgehead atoms. The van der Waals surface area contributed by atoms with Crippen LogP contribution in [0.2, 0.25) is 0 Å². The summed E-state index contributed by atoms with van der Waals surface area (Å²) in [6.45, 7) is 4.17. The summed E-state index contributed by atoms with van der Waals surface area (Å²) in [5.74, 6) is 0. The highest BCUT2D eigenvalue weighted by Gasteiger charge is 2.28. The first kappa shape index (κ1) is 15.0. The minimum absolute atomic E-state index is 0.158. The summed E-state index contributed by atoms with van der Waals surface area (Å²) in [7, 11) is -3.07. The Bertz CT molecular complexity index is 242. The first-order valence-corrected chi connectivity index (χ1v) is 7.18. The third-order valence-electron chi connectivity index (χ3n) is 1.98. The van der Waals surface area contributed by atoms with Crippen molar-refractivity contribution in [2.24, 2.45) is 0 Å². The van der Waals surface area contributed by atoms with Crippen LogP contribution in [-0.4, -0.2) is 57.4 Å². The summed E-state index contributed by atoms with van der Waals surface area (Å²) >= 11 is 0. The molecule has 1 rings (SSSR count). The molecule has 0 radical (unpaired) electrons. The quantitative estimate of drug-likeness (QED) is 0.455. The van der Waals surface area contributed by atoms with E-state index in [0.29, 0.717) is 19.8 Å². The second kappa shape index (κ2) is 8.16. The van der Waals surface area contributed by atoms with Crippen molar-refractivity contribution in [1.82, 2.24) is 5.09 Å². The van der Waals surface area contributed by atoms with Gasteiger partial charge < -0.3 is 14.6 Å². The van der Waals surface area contributed by atoms with Gasteiger partial charge in [-0.25, -0.2) is 9.65 Å². The van der Waals surface area contributed by atoms with E-state index in [2.05, 4.69) is 5.09 Å². The zero-order valence-electron chi connectivity index (χ0n) is 9.96. The maximum absolute atomic E-state index is 11.6. The van der Waals surface area contributed by atoms with Gasteiger partial charge in [-0.1, -0.05) is 0 Å². The lowest BCUT2D eigenvalue weighted by molar-refractivity contribution is -0.0218. The molecule has 1 aliphatic heterocycles. The fourth-order valence-corrected chi connectivity index (χ4v) is 2.48. The van der Waals surface area contributed by atoms with Crippen molar-refractivity contribution in [2.75, 3.05) is 46.2 Å². The smallest absolute Gasteiger partial charge is 0.388 e. The largest absolute Gasteiger partial charge is 0.405 e. The van der Waals surface area contributed by atoms with Crippen molar-refractivity contribution in [3.8, 4) is 0 Å². The number of rotatable bonds is 9. The van der Waals surface area contributed by atoms with E-state index in [1.807, 2.05) is 6.92 Å². The van der Waals surface area contributed by atoms with Crippen LogP contribution in [-0.2, 0) is 23.1 Å². The van der Waals surface area contributed by atoms with Crippen molar-refractivity contribution >= 4 is 7.75 Å². The van der Waals surface area contributed by atoms with Crippen LogP contribution >= 0.6 is 7.75 Å². The molecule has 0 spiro atoms. The molecule has 2 N–H and O–H groups in total.